The summed E-state index contributed by atoms with van der Waals surface area (Å²) in [5, 5.41) is 3.41. The van der Waals surface area contributed by atoms with E-state index in [2.05, 4.69) is 10.2 Å². The van der Waals surface area contributed by atoms with Gasteiger partial charge in [-0.2, -0.15) is 0 Å². The quantitative estimate of drug-likeness (QED) is 0.804. The highest BCUT2D eigenvalue weighted by Crippen LogP contribution is 2.23. The van der Waals surface area contributed by atoms with Gasteiger partial charge in [0.15, 0.2) is 0 Å². The molecule has 0 aromatic rings. The summed E-state index contributed by atoms with van der Waals surface area (Å²) in [6.07, 6.45) is 4.65. The van der Waals surface area contributed by atoms with E-state index < -0.39 is 0 Å². The summed E-state index contributed by atoms with van der Waals surface area (Å²) in [4.78, 5) is 14.7. The summed E-state index contributed by atoms with van der Waals surface area (Å²) in [5.74, 6) is 0.867. The Morgan fingerprint density at radius 1 is 1.25 bits per heavy atom. The van der Waals surface area contributed by atoms with Gasteiger partial charge in [-0.25, -0.2) is 0 Å². The number of piperidine rings is 2. The van der Waals surface area contributed by atoms with Crippen molar-refractivity contribution in [3.05, 3.63) is 0 Å². The first-order valence-electron chi connectivity index (χ1n) is 8.10. The summed E-state index contributed by atoms with van der Waals surface area (Å²) >= 11 is 0. The normalized spacial score (nSPS) is 26.4. The minimum Gasteiger partial charge on any atom is -0.460 e. The maximum absolute atomic E-state index is 12.2. The van der Waals surface area contributed by atoms with E-state index in [1.807, 2.05) is 20.8 Å². The minimum absolute atomic E-state index is 0.00693. The Bertz CT molecular complexity index is 319. The van der Waals surface area contributed by atoms with Crippen LogP contribution in [-0.4, -0.2) is 49.2 Å². The number of carbonyl (C=O) groups is 1. The number of esters is 1. The number of hydrogen-bond acceptors (Lipinski definition) is 4. The summed E-state index contributed by atoms with van der Waals surface area (Å²) < 4.78 is 5.54. The van der Waals surface area contributed by atoms with Crippen molar-refractivity contribution >= 4 is 5.97 Å². The Labute approximate surface area is 123 Å². The van der Waals surface area contributed by atoms with Crippen LogP contribution in [0.25, 0.3) is 0 Å². The van der Waals surface area contributed by atoms with Crippen LogP contribution in [0.3, 0.4) is 0 Å². The first-order valence-corrected chi connectivity index (χ1v) is 8.10. The highest BCUT2D eigenvalue weighted by atomic mass is 16.6. The van der Waals surface area contributed by atoms with E-state index in [0.717, 1.165) is 51.5 Å². The average Bonchev–Trinajstić information content (AvgIpc) is 2.38. The predicted octanol–water partition coefficient (Wildman–Crippen LogP) is 2.04. The van der Waals surface area contributed by atoms with E-state index in [9.17, 15) is 4.79 Å². The average molecular weight is 282 g/mol. The van der Waals surface area contributed by atoms with Crippen LogP contribution in [0.15, 0.2) is 0 Å². The molecular weight excluding hydrogens is 252 g/mol. The Kier molecular flexibility index (Phi) is 5.44. The number of hydrogen-bond donors (Lipinski definition) is 1. The van der Waals surface area contributed by atoms with Gasteiger partial charge >= 0.3 is 5.97 Å². The van der Waals surface area contributed by atoms with Gasteiger partial charge in [-0.3, -0.25) is 4.79 Å². The summed E-state index contributed by atoms with van der Waals surface area (Å²) in [7, 11) is 0. The molecule has 0 unspecified atom stereocenters. The van der Waals surface area contributed by atoms with Crippen LogP contribution in [0.4, 0.5) is 0 Å². The van der Waals surface area contributed by atoms with E-state index in [1.54, 1.807) is 0 Å². The first kappa shape index (κ1) is 15.8. The van der Waals surface area contributed by atoms with Gasteiger partial charge in [0.25, 0.3) is 0 Å². The van der Waals surface area contributed by atoms with Crippen LogP contribution in [0.2, 0.25) is 0 Å². The number of nitrogens with zero attached hydrogens (tertiary/aromatic N) is 1. The molecule has 4 heteroatoms. The lowest BCUT2D eigenvalue weighted by Gasteiger charge is -2.36. The molecule has 0 aromatic heterocycles. The van der Waals surface area contributed by atoms with Crippen LogP contribution in [-0.2, 0) is 9.53 Å². The molecule has 2 saturated heterocycles. The highest BCUT2D eigenvalue weighted by molar-refractivity contribution is 5.73. The minimum atomic E-state index is -0.367. The van der Waals surface area contributed by atoms with Crippen molar-refractivity contribution in [1.82, 2.24) is 10.2 Å². The van der Waals surface area contributed by atoms with Crippen molar-refractivity contribution in [3.63, 3.8) is 0 Å². The molecule has 2 fully saturated rings. The lowest BCUT2D eigenvalue weighted by atomic mass is 9.93. The molecule has 2 rings (SSSR count). The van der Waals surface area contributed by atoms with Gasteiger partial charge in [-0.05, 0) is 72.0 Å². The molecule has 1 N–H and O–H groups in total. The van der Waals surface area contributed by atoms with Crippen molar-refractivity contribution in [2.45, 2.75) is 52.1 Å². The molecule has 4 nitrogen and oxygen atoms in total. The summed E-state index contributed by atoms with van der Waals surface area (Å²) in [6, 6.07) is 0. The van der Waals surface area contributed by atoms with Crippen LogP contribution in [0.5, 0.6) is 0 Å². The molecule has 1 atom stereocenters. The molecule has 2 heterocycles. The summed E-state index contributed by atoms with van der Waals surface area (Å²) in [6.45, 7) is 11.3. The van der Waals surface area contributed by atoms with E-state index >= 15 is 0 Å². The van der Waals surface area contributed by atoms with E-state index in [4.69, 9.17) is 4.74 Å². The first-order chi connectivity index (χ1) is 9.44. The topological polar surface area (TPSA) is 41.6 Å². The van der Waals surface area contributed by atoms with Gasteiger partial charge < -0.3 is 15.0 Å². The van der Waals surface area contributed by atoms with E-state index in [-0.39, 0.29) is 17.5 Å². The van der Waals surface area contributed by atoms with Gasteiger partial charge in [-0.1, -0.05) is 0 Å². The number of rotatable bonds is 3. The largest absolute Gasteiger partial charge is 0.460 e. The SMILES string of the molecule is CC(C)(C)OC(=O)[C@@H]1CCCN(CC2CCNCC2)C1. The third-order valence-corrected chi connectivity index (χ3v) is 4.22. The Hall–Kier alpha value is -0.610. The molecule has 0 aliphatic carbocycles. The molecule has 0 radical (unpaired) electrons. The lowest BCUT2D eigenvalue weighted by Crippen LogP contribution is -2.44. The third kappa shape index (κ3) is 5.06. The van der Waals surface area contributed by atoms with Gasteiger partial charge in [0.05, 0.1) is 5.92 Å². The summed E-state index contributed by atoms with van der Waals surface area (Å²) in [5.41, 5.74) is -0.367. The van der Waals surface area contributed by atoms with Gasteiger partial charge in [-0.15, -0.1) is 0 Å². The zero-order valence-electron chi connectivity index (χ0n) is 13.3. The van der Waals surface area contributed by atoms with Crippen molar-refractivity contribution in [2.75, 3.05) is 32.7 Å². The molecular formula is C16H30N2O2. The molecule has 0 aromatic carbocycles. The van der Waals surface area contributed by atoms with Gasteiger partial charge in [0.2, 0.25) is 0 Å². The van der Waals surface area contributed by atoms with E-state index in [1.165, 1.54) is 12.8 Å². The predicted molar refractivity (Wildman–Crippen MR) is 80.6 cm³/mol. The van der Waals surface area contributed by atoms with Crippen molar-refractivity contribution in [1.29, 1.82) is 0 Å². The molecule has 2 aliphatic rings. The second-order valence-corrected chi connectivity index (χ2v) is 7.33. The van der Waals surface area contributed by atoms with Crippen LogP contribution in [0.1, 0.15) is 46.5 Å². The van der Waals surface area contributed by atoms with Crippen molar-refractivity contribution < 1.29 is 9.53 Å². The molecule has 116 valence electrons. The fourth-order valence-corrected chi connectivity index (χ4v) is 3.23. The third-order valence-electron chi connectivity index (χ3n) is 4.22. The van der Waals surface area contributed by atoms with Crippen LogP contribution >= 0.6 is 0 Å². The fourth-order valence-electron chi connectivity index (χ4n) is 3.23. The van der Waals surface area contributed by atoms with Gasteiger partial charge in [0.1, 0.15) is 5.60 Å². The van der Waals surface area contributed by atoms with E-state index in [0.29, 0.717) is 0 Å². The Balaban J connectivity index is 1.80. The monoisotopic (exact) mass is 282 g/mol. The number of carbonyl (C=O) groups excluding carboxylic acids is 1. The molecule has 0 bridgehead atoms. The smallest absolute Gasteiger partial charge is 0.310 e. The van der Waals surface area contributed by atoms with Crippen LogP contribution in [0, 0.1) is 11.8 Å². The maximum atomic E-state index is 12.2. The molecule has 20 heavy (non-hydrogen) atoms. The fraction of sp³-hybridized carbons (Fsp3) is 0.938. The number of ether oxygens (including phenoxy) is 1. The molecule has 0 amide bonds. The highest BCUT2D eigenvalue weighted by Gasteiger charge is 2.30. The number of nitrogens with one attached hydrogen (secondary N) is 1. The molecule has 0 spiro atoms. The zero-order chi connectivity index (χ0) is 14.6. The maximum Gasteiger partial charge on any atom is 0.310 e. The van der Waals surface area contributed by atoms with Crippen molar-refractivity contribution in [3.8, 4) is 0 Å². The Morgan fingerprint density at radius 3 is 2.60 bits per heavy atom. The lowest BCUT2D eigenvalue weighted by molar-refractivity contribution is -0.162. The van der Waals surface area contributed by atoms with Crippen molar-refractivity contribution in [2.24, 2.45) is 11.8 Å². The zero-order valence-corrected chi connectivity index (χ0v) is 13.3. The second-order valence-electron chi connectivity index (χ2n) is 7.33. The molecule has 0 saturated carbocycles. The standard InChI is InChI=1S/C16H30N2O2/c1-16(2,3)20-15(19)14-5-4-10-18(12-14)11-13-6-8-17-9-7-13/h13-14,17H,4-12H2,1-3H3/t14-/m1/s1. The van der Waals surface area contributed by atoms with Crippen LogP contribution < -0.4 is 5.32 Å². The number of likely N-dealkylation sites (tertiary alicyclic amines) is 1. The van der Waals surface area contributed by atoms with Gasteiger partial charge in [0, 0.05) is 13.1 Å². The second kappa shape index (κ2) is 6.90. The molecule has 2 aliphatic heterocycles. The Morgan fingerprint density at radius 2 is 1.95 bits per heavy atom.